The average Bonchev–Trinajstić information content (AvgIpc) is 2.81. The molecule has 1 aliphatic heterocycles. The summed E-state index contributed by atoms with van der Waals surface area (Å²) < 4.78 is 27.4. The van der Waals surface area contributed by atoms with Gasteiger partial charge in [0.2, 0.25) is 10.0 Å². The summed E-state index contributed by atoms with van der Waals surface area (Å²) in [4.78, 5) is 1.23. The van der Waals surface area contributed by atoms with Gasteiger partial charge in [0.1, 0.15) is 4.90 Å². The molecule has 0 aromatic carbocycles. The predicted octanol–water partition coefficient (Wildman–Crippen LogP) is 4.06. The van der Waals surface area contributed by atoms with Crippen molar-refractivity contribution in [2.75, 3.05) is 13.1 Å². The van der Waals surface area contributed by atoms with E-state index < -0.39 is 10.0 Å². The van der Waals surface area contributed by atoms with E-state index in [0.717, 1.165) is 24.1 Å². The number of nitrogens with zero attached hydrogens (tertiary/aromatic N) is 1. The zero-order valence-electron chi connectivity index (χ0n) is 10.7. The Labute approximate surface area is 132 Å². The highest BCUT2D eigenvalue weighted by atomic mass is 79.9. The fourth-order valence-electron chi connectivity index (χ4n) is 2.34. The molecule has 0 unspecified atom stereocenters. The molecule has 0 bridgehead atoms. The number of alkyl halides is 1. The summed E-state index contributed by atoms with van der Waals surface area (Å²) in [6.45, 7) is 3.41. The Morgan fingerprint density at radius 2 is 2.11 bits per heavy atom. The van der Waals surface area contributed by atoms with Gasteiger partial charge in [-0.3, -0.25) is 0 Å². The highest BCUT2D eigenvalue weighted by Gasteiger charge is 2.31. The van der Waals surface area contributed by atoms with E-state index in [0.29, 0.717) is 33.6 Å². The molecule has 1 aromatic rings. The van der Waals surface area contributed by atoms with Crippen LogP contribution in [0.25, 0.3) is 0 Å². The molecule has 0 aliphatic carbocycles. The van der Waals surface area contributed by atoms with Crippen molar-refractivity contribution < 1.29 is 8.42 Å². The van der Waals surface area contributed by atoms with Gasteiger partial charge in [-0.05, 0) is 40.8 Å². The quantitative estimate of drug-likeness (QED) is 0.732. The highest BCUT2D eigenvalue weighted by Crippen LogP contribution is 2.35. The average molecular weight is 387 g/mol. The van der Waals surface area contributed by atoms with Crippen molar-refractivity contribution in [1.29, 1.82) is 0 Å². The SMILES string of the molecule is CCC1CCN(S(=O)(=O)c2cc(CCl)sc2Br)CC1. The fourth-order valence-corrected chi connectivity index (χ4v) is 6.53. The Balaban J connectivity index is 2.20. The Bertz CT molecular complexity index is 536. The topological polar surface area (TPSA) is 37.4 Å². The highest BCUT2D eigenvalue weighted by molar-refractivity contribution is 9.11. The third-order valence-corrected chi connectivity index (χ3v) is 8.20. The van der Waals surface area contributed by atoms with Crippen molar-refractivity contribution in [3.8, 4) is 0 Å². The first-order chi connectivity index (χ1) is 8.98. The lowest BCUT2D eigenvalue weighted by Gasteiger charge is -2.30. The molecule has 1 fully saturated rings. The lowest BCUT2D eigenvalue weighted by atomic mass is 9.96. The van der Waals surface area contributed by atoms with Crippen LogP contribution in [0.3, 0.4) is 0 Å². The smallest absolute Gasteiger partial charge is 0.207 e. The summed E-state index contributed by atoms with van der Waals surface area (Å²) in [6, 6.07) is 1.68. The van der Waals surface area contributed by atoms with Gasteiger partial charge in [-0.25, -0.2) is 8.42 Å². The predicted molar refractivity (Wildman–Crippen MR) is 83.3 cm³/mol. The number of thiophene rings is 1. The molecular weight excluding hydrogens is 370 g/mol. The molecule has 0 saturated carbocycles. The minimum absolute atomic E-state index is 0.344. The van der Waals surface area contributed by atoms with Crippen LogP contribution in [0.1, 0.15) is 31.1 Å². The van der Waals surface area contributed by atoms with Crippen molar-refractivity contribution in [3.63, 3.8) is 0 Å². The van der Waals surface area contributed by atoms with Crippen molar-refractivity contribution in [2.45, 2.75) is 37.0 Å². The van der Waals surface area contributed by atoms with Gasteiger partial charge < -0.3 is 0 Å². The first kappa shape index (κ1) is 15.8. The molecule has 0 N–H and O–H groups in total. The van der Waals surface area contributed by atoms with E-state index in [2.05, 4.69) is 22.9 Å². The number of halogens is 2. The van der Waals surface area contributed by atoms with Crippen LogP contribution < -0.4 is 0 Å². The molecule has 0 radical (unpaired) electrons. The molecule has 108 valence electrons. The third-order valence-electron chi connectivity index (χ3n) is 3.61. The van der Waals surface area contributed by atoms with E-state index in [9.17, 15) is 8.42 Å². The number of piperidine rings is 1. The summed E-state index contributed by atoms with van der Waals surface area (Å²) in [5, 5.41) is 0. The van der Waals surface area contributed by atoms with Gasteiger partial charge in [-0.15, -0.1) is 22.9 Å². The van der Waals surface area contributed by atoms with E-state index in [4.69, 9.17) is 11.6 Å². The molecule has 0 amide bonds. The maximum atomic E-state index is 12.6. The van der Waals surface area contributed by atoms with Crippen LogP contribution in [0.4, 0.5) is 0 Å². The van der Waals surface area contributed by atoms with Gasteiger partial charge in [0.05, 0.1) is 9.67 Å². The second kappa shape index (κ2) is 6.43. The van der Waals surface area contributed by atoms with E-state index >= 15 is 0 Å². The normalized spacial score (nSPS) is 18.9. The second-order valence-corrected chi connectivity index (χ2v) is 9.37. The van der Waals surface area contributed by atoms with Crippen molar-refractivity contribution >= 4 is 48.9 Å². The van der Waals surface area contributed by atoms with E-state index in [-0.39, 0.29) is 0 Å². The van der Waals surface area contributed by atoms with Crippen LogP contribution in [0.15, 0.2) is 14.7 Å². The molecule has 2 rings (SSSR count). The Morgan fingerprint density at radius 1 is 1.47 bits per heavy atom. The summed E-state index contributed by atoms with van der Waals surface area (Å²) in [5.41, 5.74) is 0. The van der Waals surface area contributed by atoms with Crippen LogP contribution in [0.2, 0.25) is 0 Å². The summed E-state index contributed by atoms with van der Waals surface area (Å²) in [7, 11) is -3.38. The molecular formula is C12H17BrClNO2S2. The molecule has 1 aromatic heterocycles. The molecule has 1 aliphatic rings. The number of hydrogen-bond donors (Lipinski definition) is 0. The molecule has 19 heavy (non-hydrogen) atoms. The lowest BCUT2D eigenvalue weighted by Crippen LogP contribution is -2.38. The van der Waals surface area contributed by atoms with E-state index in [1.54, 1.807) is 10.4 Å². The maximum Gasteiger partial charge on any atom is 0.245 e. The van der Waals surface area contributed by atoms with Crippen LogP contribution in [0.5, 0.6) is 0 Å². The van der Waals surface area contributed by atoms with E-state index in [1.165, 1.54) is 11.3 Å². The fraction of sp³-hybridized carbons (Fsp3) is 0.667. The van der Waals surface area contributed by atoms with Gasteiger partial charge >= 0.3 is 0 Å². The van der Waals surface area contributed by atoms with Crippen molar-refractivity contribution in [3.05, 3.63) is 14.7 Å². The van der Waals surface area contributed by atoms with Crippen LogP contribution >= 0.6 is 38.9 Å². The van der Waals surface area contributed by atoms with Gasteiger partial charge in [0.25, 0.3) is 0 Å². The molecule has 0 atom stereocenters. The summed E-state index contributed by atoms with van der Waals surface area (Å²) >= 11 is 10.5. The minimum Gasteiger partial charge on any atom is -0.207 e. The molecule has 2 heterocycles. The maximum absolute atomic E-state index is 12.6. The standard InChI is InChI=1S/C12H17BrClNO2S2/c1-2-9-3-5-15(6-4-9)19(16,17)11-7-10(8-14)18-12(11)13/h7,9H,2-6,8H2,1H3. The third kappa shape index (κ3) is 3.35. The molecule has 3 nitrogen and oxygen atoms in total. The minimum atomic E-state index is -3.38. The lowest BCUT2D eigenvalue weighted by molar-refractivity contribution is 0.269. The van der Waals surface area contributed by atoms with Gasteiger partial charge in [-0.2, -0.15) is 4.31 Å². The number of sulfonamides is 1. The van der Waals surface area contributed by atoms with Crippen LogP contribution in [0, 0.1) is 5.92 Å². The van der Waals surface area contributed by atoms with Crippen molar-refractivity contribution in [1.82, 2.24) is 4.31 Å². The second-order valence-electron chi connectivity index (χ2n) is 4.74. The van der Waals surface area contributed by atoms with Gasteiger partial charge in [-0.1, -0.05) is 13.3 Å². The zero-order valence-corrected chi connectivity index (χ0v) is 14.7. The number of rotatable bonds is 4. The van der Waals surface area contributed by atoms with Crippen molar-refractivity contribution in [2.24, 2.45) is 5.92 Å². The summed E-state index contributed by atoms with van der Waals surface area (Å²) in [5.74, 6) is 1.01. The first-order valence-corrected chi connectivity index (χ1v) is 9.91. The van der Waals surface area contributed by atoms with Crippen LogP contribution in [-0.4, -0.2) is 25.8 Å². The Hall–Kier alpha value is 0.380. The largest absolute Gasteiger partial charge is 0.245 e. The Morgan fingerprint density at radius 3 is 2.58 bits per heavy atom. The molecule has 1 saturated heterocycles. The van der Waals surface area contributed by atoms with Crippen LogP contribution in [-0.2, 0) is 15.9 Å². The van der Waals surface area contributed by atoms with E-state index in [1.807, 2.05) is 0 Å². The van der Waals surface area contributed by atoms with Gasteiger partial charge in [0.15, 0.2) is 0 Å². The first-order valence-electron chi connectivity index (χ1n) is 6.33. The van der Waals surface area contributed by atoms with Gasteiger partial charge in [0, 0.05) is 18.0 Å². The summed E-state index contributed by atoms with van der Waals surface area (Å²) in [6.07, 6.45) is 3.05. The molecule has 0 spiro atoms. The Kier molecular flexibility index (Phi) is 5.34. The monoisotopic (exact) mass is 385 g/mol. The zero-order chi connectivity index (χ0) is 14.0. The number of hydrogen-bond acceptors (Lipinski definition) is 3. The molecule has 7 heteroatoms.